The van der Waals surface area contributed by atoms with Gasteiger partial charge >= 0.3 is 0 Å². The number of sulfonamides is 1. The molecular formula is C19H18ClN5O3S. The topological polar surface area (TPSA) is 98.1 Å². The maximum absolute atomic E-state index is 11.6. The first-order valence-electron chi connectivity index (χ1n) is 8.66. The molecule has 4 rings (SSSR count). The Kier molecular flexibility index (Phi) is 4.93. The predicted molar refractivity (Wildman–Crippen MR) is 113 cm³/mol. The Labute approximate surface area is 173 Å². The number of methoxy groups -OCH3 is 1. The molecule has 2 N–H and O–H groups in total. The lowest BCUT2D eigenvalue weighted by atomic mass is 10.0. The Balaban J connectivity index is 1.84. The summed E-state index contributed by atoms with van der Waals surface area (Å²) in [5, 5.41) is 8.18. The van der Waals surface area contributed by atoms with E-state index >= 15 is 0 Å². The summed E-state index contributed by atoms with van der Waals surface area (Å²) in [6, 6.07) is 14.6. The number of rotatable bonds is 5. The molecule has 0 spiro atoms. The molecule has 0 radical (unpaired) electrons. The summed E-state index contributed by atoms with van der Waals surface area (Å²) in [5.41, 5.74) is 2.56. The highest BCUT2D eigenvalue weighted by Gasteiger charge is 2.27. The molecule has 8 nitrogen and oxygen atoms in total. The van der Waals surface area contributed by atoms with Gasteiger partial charge in [0.15, 0.2) is 0 Å². The minimum atomic E-state index is -3.51. The number of ether oxygens (including phenoxy) is 1. The van der Waals surface area contributed by atoms with Crippen LogP contribution in [0.1, 0.15) is 17.2 Å². The smallest absolute Gasteiger partial charge is 0.257 e. The molecule has 10 heteroatoms. The highest BCUT2D eigenvalue weighted by Crippen LogP contribution is 2.37. The molecular weight excluding hydrogens is 414 g/mol. The van der Waals surface area contributed by atoms with Crippen LogP contribution < -0.4 is 14.8 Å². The zero-order chi connectivity index (χ0) is 20.6. The Morgan fingerprint density at radius 1 is 1.17 bits per heavy atom. The normalized spacial score (nSPS) is 15.8. The molecule has 0 bridgehead atoms. The van der Waals surface area contributed by atoms with Crippen LogP contribution in [0.25, 0.3) is 5.70 Å². The molecule has 0 aliphatic carbocycles. The second kappa shape index (κ2) is 7.41. The van der Waals surface area contributed by atoms with Gasteiger partial charge in [0, 0.05) is 16.3 Å². The molecule has 1 atom stereocenters. The number of para-hydroxylation sites is 1. The zero-order valence-electron chi connectivity index (χ0n) is 15.6. The fourth-order valence-corrected chi connectivity index (χ4v) is 3.68. The van der Waals surface area contributed by atoms with Crippen molar-refractivity contribution in [1.82, 2.24) is 14.8 Å². The molecule has 0 unspecified atom stereocenters. The summed E-state index contributed by atoms with van der Waals surface area (Å²) >= 11 is 6.01. The van der Waals surface area contributed by atoms with Crippen LogP contribution in [0.2, 0.25) is 5.02 Å². The summed E-state index contributed by atoms with van der Waals surface area (Å²) < 4.78 is 32.7. The van der Waals surface area contributed by atoms with Gasteiger partial charge in [0.1, 0.15) is 11.8 Å². The Hall–Kier alpha value is -3.04. The van der Waals surface area contributed by atoms with Gasteiger partial charge in [0.05, 0.1) is 13.4 Å². The predicted octanol–water partition coefficient (Wildman–Crippen LogP) is 3.37. The standard InChI is InChI=1S/C19H18ClN5O3S/c1-28-17-6-4-3-5-14(17)16-11-15(12-7-9-13(20)10-8-12)21-19-22-18(23-25(16)19)24-29(2,26)27/h3-11,16H,1-2H3,(H2,21,22,23,24)/t16-/m0/s1. The number of nitrogens with one attached hydrogen (secondary N) is 2. The van der Waals surface area contributed by atoms with Gasteiger partial charge in [-0.25, -0.2) is 13.1 Å². The number of hydrogen-bond acceptors (Lipinski definition) is 6. The van der Waals surface area contributed by atoms with Gasteiger partial charge in [0.25, 0.3) is 5.95 Å². The third kappa shape index (κ3) is 4.06. The first-order chi connectivity index (χ1) is 13.8. The first-order valence-corrected chi connectivity index (χ1v) is 10.9. The maximum atomic E-state index is 11.6. The lowest BCUT2D eigenvalue weighted by Gasteiger charge is -2.25. The van der Waals surface area contributed by atoms with Crippen molar-refractivity contribution in [3.05, 3.63) is 70.8 Å². The van der Waals surface area contributed by atoms with Crippen molar-refractivity contribution in [2.24, 2.45) is 0 Å². The SMILES string of the molecule is COc1ccccc1[C@@H]1C=C(c2ccc(Cl)cc2)Nc2nc(NS(C)(=O)=O)nn21. The van der Waals surface area contributed by atoms with Gasteiger partial charge in [0.2, 0.25) is 16.0 Å². The van der Waals surface area contributed by atoms with Crippen molar-refractivity contribution in [3.8, 4) is 5.75 Å². The van der Waals surface area contributed by atoms with E-state index in [1.165, 1.54) is 0 Å². The molecule has 0 saturated heterocycles. The van der Waals surface area contributed by atoms with E-state index in [1.54, 1.807) is 23.9 Å². The second-order valence-electron chi connectivity index (χ2n) is 6.48. The summed E-state index contributed by atoms with van der Waals surface area (Å²) in [6.45, 7) is 0. The third-order valence-corrected chi connectivity index (χ3v) is 5.16. The minimum Gasteiger partial charge on any atom is -0.496 e. The van der Waals surface area contributed by atoms with Crippen LogP contribution in [0.15, 0.2) is 54.6 Å². The van der Waals surface area contributed by atoms with Crippen molar-refractivity contribution in [2.75, 3.05) is 23.4 Å². The quantitative estimate of drug-likeness (QED) is 0.642. The molecule has 1 aromatic heterocycles. The van der Waals surface area contributed by atoms with Gasteiger partial charge in [-0.3, -0.25) is 4.72 Å². The number of fused-ring (bicyclic) bond motifs is 1. The van der Waals surface area contributed by atoms with Crippen molar-refractivity contribution in [3.63, 3.8) is 0 Å². The van der Waals surface area contributed by atoms with Crippen LogP contribution in [-0.4, -0.2) is 36.5 Å². The van der Waals surface area contributed by atoms with Crippen LogP contribution in [0, 0.1) is 0 Å². The Bertz CT molecular complexity index is 1190. The van der Waals surface area contributed by atoms with Crippen LogP contribution in [-0.2, 0) is 10.0 Å². The summed E-state index contributed by atoms with van der Waals surface area (Å²) in [4.78, 5) is 4.30. The van der Waals surface area contributed by atoms with Crippen LogP contribution >= 0.6 is 11.6 Å². The van der Waals surface area contributed by atoms with Gasteiger partial charge in [-0.05, 0) is 29.8 Å². The highest BCUT2D eigenvalue weighted by atomic mass is 35.5. The Morgan fingerprint density at radius 3 is 2.59 bits per heavy atom. The molecule has 29 heavy (non-hydrogen) atoms. The zero-order valence-corrected chi connectivity index (χ0v) is 17.2. The molecule has 3 aromatic rings. The maximum Gasteiger partial charge on any atom is 0.257 e. The minimum absolute atomic E-state index is 0.0133. The molecule has 0 saturated carbocycles. The number of hydrogen-bond donors (Lipinski definition) is 2. The average molecular weight is 432 g/mol. The van der Waals surface area contributed by atoms with E-state index in [4.69, 9.17) is 16.3 Å². The fourth-order valence-electron chi connectivity index (χ4n) is 3.13. The third-order valence-electron chi connectivity index (χ3n) is 4.36. The van der Waals surface area contributed by atoms with E-state index in [0.717, 1.165) is 23.1 Å². The van der Waals surface area contributed by atoms with Gasteiger partial charge < -0.3 is 10.1 Å². The van der Waals surface area contributed by atoms with Gasteiger partial charge in [-0.1, -0.05) is 41.9 Å². The molecule has 0 fully saturated rings. The fraction of sp³-hybridized carbons (Fsp3) is 0.158. The first kappa shape index (κ1) is 19.3. The van der Waals surface area contributed by atoms with Crippen LogP contribution in [0.5, 0.6) is 5.75 Å². The van der Waals surface area contributed by atoms with E-state index < -0.39 is 10.0 Å². The largest absolute Gasteiger partial charge is 0.496 e. The number of allylic oxidation sites excluding steroid dienone is 1. The van der Waals surface area contributed by atoms with E-state index in [1.807, 2.05) is 42.5 Å². The molecule has 1 aliphatic heterocycles. The van der Waals surface area contributed by atoms with Crippen LogP contribution in [0.3, 0.4) is 0 Å². The highest BCUT2D eigenvalue weighted by molar-refractivity contribution is 7.91. The molecule has 150 valence electrons. The second-order valence-corrected chi connectivity index (χ2v) is 8.66. The van der Waals surface area contributed by atoms with Crippen molar-refractivity contribution in [1.29, 1.82) is 0 Å². The number of halogens is 1. The number of nitrogens with zero attached hydrogens (tertiary/aromatic N) is 3. The average Bonchev–Trinajstić information content (AvgIpc) is 3.08. The molecule has 2 heterocycles. The van der Waals surface area contributed by atoms with E-state index in [9.17, 15) is 8.42 Å². The van der Waals surface area contributed by atoms with Crippen molar-refractivity contribution < 1.29 is 13.2 Å². The molecule has 2 aromatic carbocycles. The summed E-state index contributed by atoms with van der Waals surface area (Å²) in [6.07, 6.45) is 3.03. The van der Waals surface area contributed by atoms with Crippen LogP contribution in [0.4, 0.5) is 11.9 Å². The lowest BCUT2D eigenvalue weighted by molar-refractivity contribution is 0.404. The molecule has 0 amide bonds. The Morgan fingerprint density at radius 2 is 1.90 bits per heavy atom. The van der Waals surface area contributed by atoms with Gasteiger partial charge in [-0.15, -0.1) is 5.10 Å². The van der Waals surface area contributed by atoms with Gasteiger partial charge in [-0.2, -0.15) is 4.98 Å². The van der Waals surface area contributed by atoms with E-state index in [-0.39, 0.29) is 12.0 Å². The molecule has 1 aliphatic rings. The number of aromatic nitrogens is 3. The summed E-state index contributed by atoms with van der Waals surface area (Å²) in [5.74, 6) is 1.07. The number of benzene rings is 2. The lowest BCUT2D eigenvalue weighted by Crippen LogP contribution is -2.20. The van der Waals surface area contributed by atoms with Crippen molar-refractivity contribution in [2.45, 2.75) is 6.04 Å². The summed E-state index contributed by atoms with van der Waals surface area (Å²) in [7, 11) is -1.91. The van der Waals surface area contributed by atoms with Crippen molar-refractivity contribution >= 4 is 39.2 Å². The van der Waals surface area contributed by atoms with E-state index in [0.29, 0.717) is 16.7 Å². The number of anilines is 2. The van der Waals surface area contributed by atoms with E-state index in [2.05, 4.69) is 20.1 Å². The monoisotopic (exact) mass is 431 g/mol.